The number of likely N-dealkylation sites (tertiary alicyclic amines) is 1. The molecule has 5 aromatic rings. The van der Waals surface area contributed by atoms with Gasteiger partial charge in [0, 0.05) is 32.2 Å². The summed E-state index contributed by atoms with van der Waals surface area (Å²) in [4.78, 5) is 14.6. The van der Waals surface area contributed by atoms with E-state index in [1.54, 1.807) is 94.6 Å². The van der Waals surface area contributed by atoms with Gasteiger partial charge in [-0.2, -0.15) is 9.10 Å². The number of carbonyl (C=O) groups is 1. The van der Waals surface area contributed by atoms with Gasteiger partial charge in [-0.3, -0.25) is 0 Å². The summed E-state index contributed by atoms with van der Waals surface area (Å²) >= 11 is 0. The lowest BCUT2D eigenvalue weighted by Gasteiger charge is -2.27. The van der Waals surface area contributed by atoms with Crippen LogP contribution < -0.4 is 18.9 Å². The zero-order valence-corrected chi connectivity index (χ0v) is 38.9. The lowest BCUT2D eigenvalue weighted by atomic mass is 9.89. The molecule has 1 aromatic heterocycles. The normalized spacial score (nSPS) is 16.9. The zero-order valence-electron chi connectivity index (χ0n) is 37.3. The SMILES string of the molecule is COc1ccc(CN(Cc2ccc(OC)cc2)S(=O)(=O)c2c(S(=O)(=O)N[C@@H]3CCN(C(=O)OC(C)(C)C)C3)ccc(C3=C[C@H](O)CCC3)c2-c2nnn(Cc3ccc(OC)cc3)n2)cc1. The van der Waals surface area contributed by atoms with Crippen molar-refractivity contribution in [3.63, 3.8) is 0 Å². The average Bonchev–Trinajstić information content (AvgIpc) is 3.95. The number of ether oxygens (including phenoxy) is 4. The van der Waals surface area contributed by atoms with Crippen LogP contribution in [0.2, 0.25) is 0 Å². The van der Waals surface area contributed by atoms with E-state index in [1.165, 1.54) is 40.4 Å². The highest BCUT2D eigenvalue weighted by atomic mass is 32.2. The molecule has 0 saturated carbocycles. The molecule has 17 nitrogen and oxygen atoms in total. The summed E-state index contributed by atoms with van der Waals surface area (Å²) in [6, 6.07) is 23.1. The molecule has 4 aromatic carbocycles. The second-order valence-corrected chi connectivity index (χ2v) is 20.5. The highest BCUT2D eigenvalue weighted by Crippen LogP contribution is 2.42. The fraction of sp³-hybridized carbons (Fsp3) is 0.391. The number of nitrogens with one attached hydrogen (secondary N) is 1. The van der Waals surface area contributed by atoms with Gasteiger partial charge in [0.1, 0.15) is 32.6 Å². The number of nitrogens with zero attached hydrogens (tertiary/aromatic N) is 6. The predicted molar refractivity (Wildman–Crippen MR) is 242 cm³/mol. The van der Waals surface area contributed by atoms with E-state index in [2.05, 4.69) is 15.0 Å². The van der Waals surface area contributed by atoms with Crippen molar-refractivity contribution in [3.05, 3.63) is 113 Å². The molecule has 1 aliphatic carbocycles. The Labute approximate surface area is 380 Å². The van der Waals surface area contributed by atoms with Crippen molar-refractivity contribution in [2.75, 3.05) is 34.4 Å². The Hall–Kier alpha value is -5.86. The molecule has 1 amide bonds. The van der Waals surface area contributed by atoms with E-state index < -0.39 is 53.7 Å². The van der Waals surface area contributed by atoms with E-state index in [0.29, 0.717) is 58.8 Å². The van der Waals surface area contributed by atoms with Crippen LogP contribution in [0.5, 0.6) is 17.2 Å². The summed E-state index contributed by atoms with van der Waals surface area (Å²) in [5, 5.41) is 24.3. The Morgan fingerprint density at radius 2 is 1.38 bits per heavy atom. The molecule has 346 valence electrons. The molecular weight excluding hydrogens is 875 g/mol. The van der Waals surface area contributed by atoms with Crippen LogP contribution in [0.3, 0.4) is 0 Å². The number of aromatic nitrogens is 4. The fourth-order valence-corrected chi connectivity index (χ4v) is 11.5. The maximum atomic E-state index is 16.0. The number of hydrogen-bond acceptors (Lipinski definition) is 13. The molecule has 1 aliphatic heterocycles. The Morgan fingerprint density at radius 1 is 0.815 bits per heavy atom. The summed E-state index contributed by atoms with van der Waals surface area (Å²) in [5.41, 5.74) is 2.05. The average molecular weight is 930 g/mol. The van der Waals surface area contributed by atoms with Gasteiger partial charge in [-0.25, -0.2) is 26.4 Å². The molecule has 0 bridgehead atoms. The molecule has 2 heterocycles. The van der Waals surface area contributed by atoms with Gasteiger partial charge < -0.3 is 29.0 Å². The molecule has 19 heteroatoms. The third-order valence-electron chi connectivity index (χ3n) is 11.1. The molecule has 2 aliphatic rings. The minimum Gasteiger partial charge on any atom is -0.497 e. The monoisotopic (exact) mass is 929 g/mol. The first-order valence-corrected chi connectivity index (χ1v) is 24.1. The minimum atomic E-state index is -4.89. The van der Waals surface area contributed by atoms with Crippen molar-refractivity contribution >= 4 is 31.7 Å². The number of amides is 1. The van der Waals surface area contributed by atoms with E-state index in [1.807, 2.05) is 12.1 Å². The fourth-order valence-electron chi connectivity index (χ4n) is 7.81. The molecule has 2 N–H and O–H groups in total. The Kier molecular flexibility index (Phi) is 14.3. The lowest BCUT2D eigenvalue weighted by Crippen LogP contribution is -2.41. The molecule has 1 fully saturated rings. The van der Waals surface area contributed by atoms with Gasteiger partial charge in [0.15, 0.2) is 0 Å². The van der Waals surface area contributed by atoms with E-state index in [0.717, 1.165) is 5.56 Å². The summed E-state index contributed by atoms with van der Waals surface area (Å²) < 4.78 is 87.4. The van der Waals surface area contributed by atoms with Gasteiger partial charge in [-0.15, -0.1) is 10.2 Å². The smallest absolute Gasteiger partial charge is 0.410 e. The van der Waals surface area contributed by atoms with Crippen LogP contribution in [0.4, 0.5) is 4.79 Å². The topological polar surface area (TPSA) is 205 Å². The molecule has 1 saturated heterocycles. The van der Waals surface area contributed by atoms with E-state index in [9.17, 15) is 18.3 Å². The van der Waals surface area contributed by atoms with Crippen molar-refractivity contribution in [2.45, 2.75) is 93.6 Å². The predicted octanol–water partition coefficient (Wildman–Crippen LogP) is 6.02. The number of tetrazole rings is 1. The number of benzene rings is 4. The molecule has 7 rings (SSSR count). The van der Waals surface area contributed by atoms with Crippen LogP contribution in [-0.2, 0) is 44.4 Å². The van der Waals surface area contributed by atoms with E-state index in [4.69, 9.17) is 24.0 Å². The number of carbonyl (C=O) groups excluding carboxylic acids is 1. The highest BCUT2D eigenvalue weighted by Gasteiger charge is 2.40. The molecule has 2 atom stereocenters. The van der Waals surface area contributed by atoms with Gasteiger partial charge >= 0.3 is 6.09 Å². The van der Waals surface area contributed by atoms with Crippen LogP contribution in [0.1, 0.15) is 68.7 Å². The summed E-state index contributed by atoms with van der Waals surface area (Å²) in [6.45, 7) is 5.23. The van der Waals surface area contributed by atoms with Crippen LogP contribution >= 0.6 is 0 Å². The van der Waals surface area contributed by atoms with Crippen molar-refractivity contribution in [3.8, 4) is 28.6 Å². The number of allylic oxidation sites excluding steroid dienone is 1. The number of aliphatic hydroxyl groups is 1. The van der Waals surface area contributed by atoms with Crippen LogP contribution in [-0.4, -0.2) is 110 Å². The largest absolute Gasteiger partial charge is 0.497 e. The first-order valence-electron chi connectivity index (χ1n) is 21.2. The minimum absolute atomic E-state index is 0.00571. The summed E-state index contributed by atoms with van der Waals surface area (Å²) in [7, 11) is -4.97. The standard InChI is InChI=1S/C46H55N7O10S2/c1-46(2,3)63-45(55)51-25-24-35(30-51)49-64(56,57)41-23-22-40(34-8-7-9-36(54)26-34)42(44-47-50-53(48-44)29-33-14-20-39(62-6)21-15-33)43(41)65(58,59)52(27-31-10-16-37(60-4)17-11-31)28-32-12-18-38(61-5)19-13-32/h10-23,26,35-36,49,54H,7-9,24-25,27-30H2,1-6H3/t35-,36-/m1/s1. The zero-order chi connectivity index (χ0) is 46.5. The molecule has 0 unspecified atom stereocenters. The number of sulfonamides is 2. The number of methoxy groups -OCH3 is 3. The van der Waals surface area contributed by atoms with Crippen LogP contribution in [0.15, 0.2) is 101 Å². The van der Waals surface area contributed by atoms with Crippen molar-refractivity contribution < 1.29 is 45.7 Å². The van der Waals surface area contributed by atoms with Gasteiger partial charge in [0.2, 0.25) is 25.9 Å². The Morgan fingerprint density at radius 3 is 1.92 bits per heavy atom. The van der Waals surface area contributed by atoms with Gasteiger partial charge in [-0.05, 0) is 122 Å². The second-order valence-electron chi connectivity index (χ2n) is 17.0. The molecule has 0 spiro atoms. The van der Waals surface area contributed by atoms with Gasteiger partial charge in [0.05, 0.1) is 39.5 Å². The summed E-state index contributed by atoms with van der Waals surface area (Å²) in [5.74, 6) is 1.64. The maximum absolute atomic E-state index is 16.0. The van der Waals surface area contributed by atoms with Gasteiger partial charge in [0.25, 0.3) is 0 Å². The first kappa shape index (κ1) is 47.1. The van der Waals surface area contributed by atoms with Crippen molar-refractivity contribution in [2.24, 2.45) is 0 Å². The maximum Gasteiger partial charge on any atom is 0.410 e. The third-order valence-corrected chi connectivity index (χ3v) is 14.6. The molecule has 0 radical (unpaired) electrons. The van der Waals surface area contributed by atoms with E-state index >= 15 is 8.42 Å². The van der Waals surface area contributed by atoms with Crippen LogP contribution in [0, 0.1) is 0 Å². The van der Waals surface area contributed by atoms with Crippen molar-refractivity contribution in [1.82, 2.24) is 34.1 Å². The highest BCUT2D eigenvalue weighted by molar-refractivity contribution is 7.92. The Balaban J connectivity index is 1.42. The number of hydrogen-bond donors (Lipinski definition) is 2. The summed E-state index contributed by atoms with van der Waals surface area (Å²) in [6.07, 6.45) is 2.03. The third kappa shape index (κ3) is 11.3. The molecular formula is C46H55N7O10S2. The second kappa shape index (κ2) is 19.7. The quantitative estimate of drug-likeness (QED) is 0.116. The van der Waals surface area contributed by atoms with Gasteiger partial charge in [-0.1, -0.05) is 48.5 Å². The first-order chi connectivity index (χ1) is 31.0. The van der Waals surface area contributed by atoms with Crippen molar-refractivity contribution in [1.29, 1.82) is 0 Å². The number of aliphatic hydroxyl groups excluding tert-OH is 1. The lowest BCUT2D eigenvalue weighted by molar-refractivity contribution is 0.0291. The van der Waals surface area contributed by atoms with Crippen LogP contribution in [0.25, 0.3) is 17.0 Å². The Bertz CT molecular complexity index is 2670. The number of rotatable bonds is 16. The van der Waals surface area contributed by atoms with E-state index in [-0.39, 0.29) is 50.5 Å². The molecule has 65 heavy (non-hydrogen) atoms.